The van der Waals surface area contributed by atoms with E-state index < -0.39 is 21.9 Å². The van der Waals surface area contributed by atoms with E-state index >= 15 is 0 Å². The quantitative estimate of drug-likeness (QED) is 0.695. The summed E-state index contributed by atoms with van der Waals surface area (Å²) in [4.78, 5) is 25.5. The van der Waals surface area contributed by atoms with Crippen molar-refractivity contribution in [1.29, 1.82) is 0 Å². The predicted molar refractivity (Wildman–Crippen MR) is 88.4 cm³/mol. The van der Waals surface area contributed by atoms with Crippen LogP contribution in [0.15, 0.2) is 24.7 Å². The number of carboxylic acid groups (broad SMARTS) is 1. The Morgan fingerprint density at radius 3 is 2.46 bits per heavy atom. The maximum atomic E-state index is 12.4. The maximum Gasteiger partial charge on any atom is 0.302 e. The molecule has 1 aliphatic heterocycles. The molecule has 1 fully saturated rings. The first-order valence-electron chi connectivity index (χ1n) is 7.92. The SMILES string of the molecule is Cn1cc(C(=O)N2CCC(c3ccn(S(N)(=O)=O)c3C(=O)[O-])CC2)cn1. The minimum Gasteiger partial charge on any atom is -0.543 e. The van der Waals surface area contributed by atoms with Crippen molar-refractivity contribution in [2.75, 3.05) is 13.1 Å². The Bertz CT molecular complexity index is 953. The fraction of sp³-hybridized carbons (Fsp3) is 0.400. The van der Waals surface area contributed by atoms with Gasteiger partial charge in [0, 0.05) is 32.5 Å². The molecule has 26 heavy (non-hydrogen) atoms. The lowest BCUT2D eigenvalue weighted by molar-refractivity contribution is -0.255. The number of amides is 1. The first-order chi connectivity index (χ1) is 12.2. The molecule has 10 nitrogen and oxygen atoms in total. The Labute approximate surface area is 150 Å². The highest BCUT2D eigenvalue weighted by Gasteiger charge is 2.29. The summed E-state index contributed by atoms with van der Waals surface area (Å²) in [5.74, 6) is -1.95. The van der Waals surface area contributed by atoms with Crippen molar-refractivity contribution in [3.8, 4) is 0 Å². The van der Waals surface area contributed by atoms with Crippen LogP contribution in [0.2, 0.25) is 0 Å². The average molecular weight is 380 g/mol. The summed E-state index contributed by atoms with van der Waals surface area (Å²) >= 11 is 0. The Balaban J connectivity index is 1.77. The Morgan fingerprint density at radius 2 is 1.96 bits per heavy atom. The second kappa shape index (κ2) is 6.57. The van der Waals surface area contributed by atoms with Crippen LogP contribution in [-0.2, 0) is 17.3 Å². The van der Waals surface area contributed by atoms with Crippen LogP contribution in [0.1, 0.15) is 45.2 Å². The van der Waals surface area contributed by atoms with Gasteiger partial charge in [-0.25, -0.2) is 9.11 Å². The summed E-state index contributed by atoms with van der Waals surface area (Å²) in [5.41, 5.74) is 0.388. The second-order valence-electron chi connectivity index (χ2n) is 6.22. The number of piperidine rings is 1. The minimum atomic E-state index is -4.23. The molecule has 0 unspecified atom stereocenters. The third-order valence-corrected chi connectivity index (χ3v) is 5.38. The number of carbonyl (C=O) groups excluding carboxylic acids is 2. The van der Waals surface area contributed by atoms with E-state index in [0.717, 1.165) is 6.20 Å². The molecular weight excluding hydrogens is 362 g/mol. The van der Waals surface area contributed by atoms with Gasteiger partial charge < -0.3 is 14.8 Å². The smallest absolute Gasteiger partial charge is 0.302 e. The average Bonchev–Trinajstić information content (AvgIpc) is 3.20. The summed E-state index contributed by atoms with van der Waals surface area (Å²) < 4.78 is 25.1. The molecule has 0 aliphatic carbocycles. The van der Waals surface area contributed by atoms with Gasteiger partial charge in [0.25, 0.3) is 5.91 Å². The van der Waals surface area contributed by atoms with Gasteiger partial charge in [0.2, 0.25) is 0 Å². The Kier molecular flexibility index (Phi) is 4.59. The molecule has 0 spiro atoms. The molecule has 11 heteroatoms. The lowest BCUT2D eigenvalue weighted by atomic mass is 9.89. The molecule has 1 saturated heterocycles. The molecule has 1 amide bonds. The third-order valence-electron chi connectivity index (χ3n) is 4.52. The predicted octanol–water partition coefficient (Wildman–Crippen LogP) is -1.34. The highest BCUT2D eigenvalue weighted by Crippen LogP contribution is 2.31. The van der Waals surface area contributed by atoms with Gasteiger partial charge in [-0.2, -0.15) is 13.5 Å². The van der Waals surface area contributed by atoms with Crippen LogP contribution in [0, 0.1) is 0 Å². The number of aryl methyl sites for hydroxylation is 1. The first-order valence-corrected chi connectivity index (χ1v) is 9.42. The van der Waals surface area contributed by atoms with Gasteiger partial charge in [0.05, 0.1) is 23.4 Å². The molecule has 1 aliphatic rings. The molecule has 2 aromatic rings. The summed E-state index contributed by atoms with van der Waals surface area (Å²) in [7, 11) is -2.51. The molecule has 0 atom stereocenters. The molecule has 3 rings (SSSR count). The Morgan fingerprint density at radius 1 is 1.31 bits per heavy atom. The van der Waals surface area contributed by atoms with Crippen molar-refractivity contribution in [3.05, 3.63) is 41.5 Å². The standard InChI is InChI=1S/C15H19N5O5S/c1-18-9-11(8-17-18)14(21)19-5-2-10(3-6-19)12-4-7-20(26(16,24)25)13(12)15(22)23/h4,7-10H,2-3,5-6H2,1H3,(H,22,23)(H2,16,24,25)/p-1. The lowest BCUT2D eigenvalue weighted by Gasteiger charge is -2.32. The lowest BCUT2D eigenvalue weighted by Crippen LogP contribution is -2.38. The van der Waals surface area contributed by atoms with Crippen LogP contribution in [0.4, 0.5) is 0 Å². The van der Waals surface area contributed by atoms with Crippen molar-refractivity contribution in [3.63, 3.8) is 0 Å². The zero-order valence-corrected chi connectivity index (χ0v) is 14.8. The van der Waals surface area contributed by atoms with Gasteiger partial charge in [-0.1, -0.05) is 0 Å². The number of aromatic nitrogens is 3. The third kappa shape index (κ3) is 3.35. The molecule has 0 aromatic carbocycles. The maximum absolute atomic E-state index is 12.4. The van der Waals surface area contributed by atoms with E-state index in [9.17, 15) is 23.1 Å². The summed E-state index contributed by atoms with van der Waals surface area (Å²) in [6.07, 6.45) is 5.24. The van der Waals surface area contributed by atoms with E-state index in [-0.39, 0.29) is 11.8 Å². The topological polar surface area (TPSA) is 143 Å². The minimum absolute atomic E-state index is 0.140. The molecule has 0 saturated carbocycles. The van der Waals surface area contributed by atoms with Gasteiger partial charge in [-0.3, -0.25) is 9.48 Å². The van der Waals surface area contributed by atoms with Gasteiger partial charge >= 0.3 is 10.2 Å². The monoisotopic (exact) mass is 380 g/mol. The fourth-order valence-electron chi connectivity index (χ4n) is 3.29. The highest BCUT2D eigenvalue weighted by molar-refractivity contribution is 7.87. The molecule has 140 valence electrons. The number of hydrogen-bond acceptors (Lipinski definition) is 6. The van der Waals surface area contributed by atoms with Gasteiger partial charge in [-0.05, 0) is 30.4 Å². The number of carbonyl (C=O) groups is 2. The molecule has 0 bridgehead atoms. The summed E-state index contributed by atoms with van der Waals surface area (Å²) in [6.45, 7) is 0.844. The van der Waals surface area contributed by atoms with Crippen LogP contribution >= 0.6 is 0 Å². The number of hydrogen-bond donors (Lipinski definition) is 1. The zero-order chi connectivity index (χ0) is 19.1. The van der Waals surface area contributed by atoms with Crippen molar-refractivity contribution in [2.24, 2.45) is 12.2 Å². The number of rotatable bonds is 4. The molecule has 0 radical (unpaired) electrons. The van der Waals surface area contributed by atoms with E-state index in [1.807, 2.05) is 0 Å². The number of likely N-dealkylation sites (tertiary alicyclic amines) is 1. The van der Waals surface area contributed by atoms with Crippen molar-refractivity contribution in [2.45, 2.75) is 18.8 Å². The van der Waals surface area contributed by atoms with Crippen molar-refractivity contribution < 1.29 is 23.1 Å². The number of nitrogens with two attached hydrogens (primary N) is 1. The van der Waals surface area contributed by atoms with E-state index in [4.69, 9.17) is 5.14 Å². The number of nitrogens with zero attached hydrogens (tertiary/aromatic N) is 4. The van der Waals surface area contributed by atoms with Crippen molar-refractivity contribution in [1.82, 2.24) is 18.7 Å². The van der Waals surface area contributed by atoms with Crippen LogP contribution in [-0.4, -0.2) is 52.0 Å². The number of aromatic carboxylic acids is 1. The first kappa shape index (κ1) is 18.1. The molecule has 3 heterocycles. The van der Waals surface area contributed by atoms with Gasteiger partial charge in [-0.15, -0.1) is 0 Å². The highest BCUT2D eigenvalue weighted by atomic mass is 32.2. The van der Waals surface area contributed by atoms with Crippen LogP contribution < -0.4 is 10.2 Å². The summed E-state index contributed by atoms with van der Waals surface area (Å²) in [6, 6.07) is 1.43. The van der Waals surface area contributed by atoms with E-state index in [0.29, 0.717) is 41.0 Å². The molecule has 2 aromatic heterocycles. The molecular formula is C15H18N5O5S-. The zero-order valence-electron chi connectivity index (χ0n) is 14.0. The van der Waals surface area contributed by atoms with E-state index in [1.165, 1.54) is 12.3 Å². The van der Waals surface area contributed by atoms with Gasteiger partial charge in [0.1, 0.15) is 0 Å². The summed E-state index contributed by atoms with van der Waals surface area (Å²) in [5, 5.41) is 20.5. The normalized spacial score (nSPS) is 16.0. The van der Waals surface area contributed by atoms with E-state index in [2.05, 4.69) is 5.10 Å². The molecule has 2 N–H and O–H groups in total. The second-order valence-corrected chi connectivity index (χ2v) is 7.64. The van der Waals surface area contributed by atoms with Gasteiger partial charge in [0.15, 0.2) is 0 Å². The van der Waals surface area contributed by atoms with Crippen LogP contribution in [0.5, 0.6) is 0 Å². The fourth-order valence-corrected chi connectivity index (χ4v) is 3.95. The van der Waals surface area contributed by atoms with Crippen LogP contribution in [0.3, 0.4) is 0 Å². The van der Waals surface area contributed by atoms with Crippen molar-refractivity contribution >= 4 is 22.1 Å². The van der Waals surface area contributed by atoms with Crippen LogP contribution in [0.25, 0.3) is 0 Å². The number of carboxylic acids is 1. The van der Waals surface area contributed by atoms with E-state index in [1.54, 1.807) is 22.8 Å². The largest absolute Gasteiger partial charge is 0.543 e. The Hall–Kier alpha value is -2.66.